The highest BCUT2D eigenvalue weighted by Gasteiger charge is 2.05. The standard InChI is InChI=1S/C11H14N4S/c1-8(2)13-11-14-10(15-16-11)6-9-4-3-5-12-7-9/h3-5,7-8H,6H2,1-2H3,(H,13,14,15). The van der Waals surface area contributed by atoms with Gasteiger partial charge in [-0.15, -0.1) is 0 Å². The molecule has 0 radical (unpaired) electrons. The van der Waals surface area contributed by atoms with Crippen LogP contribution in [-0.2, 0) is 6.42 Å². The van der Waals surface area contributed by atoms with Crippen LogP contribution >= 0.6 is 11.5 Å². The van der Waals surface area contributed by atoms with Gasteiger partial charge in [-0.25, -0.2) is 4.98 Å². The lowest BCUT2D eigenvalue weighted by Gasteiger charge is -2.03. The van der Waals surface area contributed by atoms with Crippen molar-refractivity contribution in [1.29, 1.82) is 0 Å². The Labute approximate surface area is 98.9 Å². The van der Waals surface area contributed by atoms with E-state index < -0.39 is 0 Å². The van der Waals surface area contributed by atoms with E-state index in [1.807, 2.05) is 18.3 Å². The summed E-state index contributed by atoms with van der Waals surface area (Å²) >= 11 is 1.40. The Kier molecular flexibility index (Phi) is 3.46. The molecular formula is C11H14N4S. The highest BCUT2D eigenvalue weighted by Crippen LogP contribution is 2.14. The molecule has 0 atom stereocenters. The molecule has 1 N–H and O–H groups in total. The predicted octanol–water partition coefficient (Wildman–Crippen LogP) is 2.34. The van der Waals surface area contributed by atoms with Crippen LogP contribution in [0.1, 0.15) is 25.2 Å². The molecule has 0 aliphatic heterocycles. The van der Waals surface area contributed by atoms with Crippen LogP contribution in [0.3, 0.4) is 0 Å². The van der Waals surface area contributed by atoms with Gasteiger partial charge in [0.05, 0.1) is 0 Å². The van der Waals surface area contributed by atoms with Crippen LogP contribution in [0.4, 0.5) is 5.13 Å². The molecule has 2 heterocycles. The van der Waals surface area contributed by atoms with E-state index in [0.29, 0.717) is 6.04 Å². The average Bonchev–Trinajstić information content (AvgIpc) is 2.66. The quantitative estimate of drug-likeness (QED) is 0.882. The van der Waals surface area contributed by atoms with Gasteiger partial charge in [0.1, 0.15) is 5.82 Å². The van der Waals surface area contributed by atoms with E-state index >= 15 is 0 Å². The van der Waals surface area contributed by atoms with Crippen molar-refractivity contribution in [1.82, 2.24) is 14.3 Å². The molecule has 0 spiro atoms. The summed E-state index contributed by atoms with van der Waals surface area (Å²) in [5.41, 5.74) is 1.14. The van der Waals surface area contributed by atoms with E-state index in [0.717, 1.165) is 22.9 Å². The zero-order valence-electron chi connectivity index (χ0n) is 9.34. The van der Waals surface area contributed by atoms with Crippen LogP contribution in [-0.4, -0.2) is 20.4 Å². The largest absolute Gasteiger partial charge is 0.358 e. The fourth-order valence-electron chi connectivity index (χ4n) is 1.32. The summed E-state index contributed by atoms with van der Waals surface area (Å²) in [7, 11) is 0. The SMILES string of the molecule is CC(C)Nc1nc(Cc2cccnc2)ns1. The van der Waals surface area contributed by atoms with Gasteiger partial charge in [0.2, 0.25) is 5.13 Å². The molecule has 0 aliphatic carbocycles. The molecule has 0 aromatic carbocycles. The van der Waals surface area contributed by atoms with Gasteiger partial charge in [-0.05, 0) is 25.5 Å². The third-order valence-corrected chi connectivity index (χ3v) is 2.65. The molecule has 0 aliphatic rings. The second-order valence-electron chi connectivity index (χ2n) is 3.85. The highest BCUT2D eigenvalue weighted by atomic mass is 32.1. The van der Waals surface area contributed by atoms with Crippen molar-refractivity contribution in [2.45, 2.75) is 26.3 Å². The highest BCUT2D eigenvalue weighted by molar-refractivity contribution is 7.09. The molecule has 5 heteroatoms. The number of nitrogens with zero attached hydrogens (tertiary/aromatic N) is 3. The second kappa shape index (κ2) is 5.03. The molecule has 0 saturated carbocycles. The van der Waals surface area contributed by atoms with E-state index in [4.69, 9.17) is 0 Å². The van der Waals surface area contributed by atoms with Gasteiger partial charge in [0, 0.05) is 36.4 Å². The normalized spacial score (nSPS) is 10.7. The van der Waals surface area contributed by atoms with Crippen molar-refractivity contribution in [3.63, 3.8) is 0 Å². The molecule has 16 heavy (non-hydrogen) atoms. The zero-order valence-corrected chi connectivity index (χ0v) is 10.2. The van der Waals surface area contributed by atoms with Crippen molar-refractivity contribution >= 4 is 16.7 Å². The summed E-state index contributed by atoms with van der Waals surface area (Å²) in [5, 5.41) is 4.12. The predicted molar refractivity (Wildman–Crippen MR) is 65.7 cm³/mol. The van der Waals surface area contributed by atoms with Gasteiger partial charge in [-0.3, -0.25) is 4.98 Å². The number of hydrogen-bond donors (Lipinski definition) is 1. The van der Waals surface area contributed by atoms with Crippen LogP contribution in [0.15, 0.2) is 24.5 Å². The van der Waals surface area contributed by atoms with E-state index in [1.54, 1.807) is 6.20 Å². The first kappa shape index (κ1) is 11.0. The molecule has 2 rings (SSSR count). The maximum absolute atomic E-state index is 4.41. The molecule has 2 aromatic heterocycles. The Hall–Kier alpha value is -1.49. The smallest absolute Gasteiger partial charge is 0.202 e. The minimum absolute atomic E-state index is 0.388. The lowest BCUT2D eigenvalue weighted by atomic mass is 10.2. The van der Waals surface area contributed by atoms with E-state index in [2.05, 4.69) is 33.5 Å². The molecule has 84 valence electrons. The Morgan fingerprint density at radius 1 is 1.44 bits per heavy atom. The number of pyridine rings is 1. The first-order valence-corrected chi connectivity index (χ1v) is 5.99. The Balaban J connectivity index is 2.03. The zero-order chi connectivity index (χ0) is 11.4. The van der Waals surface area contributed by atoms with Crippen LogP contribution < -0.4 is 5.32 Å². The fraction of sp³-hybridized carbons (Fsp3) is 0.364. The van der Waals surface area contributed by atoms with Crippen LogP contribution in [0.5, 0.6) is 0 Å². The molecular weight excluding hydrogens is 220 g/mol. The van der Waals surface area contributed by atoms with Gasteiger partial charge in [-0.2, -0.15) is 4.37 Å². The van der Waals surface area contributed by atoms with E-state index in [1.165, 1.54) is 11.5 Å². The van der Waals surface area contributed by atoms with Crippen molar-refractivity contribution in [3.8, 4) is 0 Å². The lowest BCUT2D eigenvalue weighted by Crippen LogP contribution is -2.09. The Bertz CT molecular complexity index is 438. The number of hydrogen-bond acceptors (Lipinski definition) is 5. The second-order valence-corrected chi connectivity index (χ2v) is 4.60. The Morgan fingerprint density at radius 2 is 2.31 bits per heavy atom. The third-order valence-electron chi connectivity index (χ3n) is 1.97. The van der Waals surface area contributed by atoms with Gasteiger partial charge in [0.15, 0.2) is 0 Å². The molecule has 0 amide bonds. The maximum atomic E-state index is 4.41. The summed E-state index contributed by atoms with van der Waals surface area (Å²) in [6.07, 6.45) is 4.35. The summed E-state index contributed by atoms with van der Waals surface area (Å²) < 4.78 is 4.30. The number of rotatable bonds is 4. The molecule has 0 bridgehead atoms. The number of aromatic nitrogens is 3. The monoisotopic (exact) mass is 234 g/mol. The van der Waals surface area contributed by atoms with Gasteiger partial charge >= 0.3 is 0 Å². The lowest BCUT2D eigenvalue weighted by molar-refractivity contribution is 0.891. The van der Waals surface area contributed by atoms with Crippen molar-refractivity contribution < 1.29 is 0 Å². The molecule has 0 unspecified atom stereocenters. The van der Waals surface area contributed by atoms with Crippen molar-refractivity contribution in [2.75, 3.05) is 5.32 Å². The van der Waals surface area contributed by atoms with Crippen molar-refractivity contribution in [2.24, 2.45) is 0 Å². The number of anilines is 1. The summed E-state index contributed by atoms with van der Waals surface area (Å²) in [6, 6.07) is 4.35. The summed E-state index contributed by atoms with van der Waals surface area (Å²) in [6.45, 7) is 4.17. The summed E-state index contributed by atoms with van der Waals surface area (Å²) in [5.74, 6) is 0.848. The number of nitrogens with one attached hydrogen (secondary N) is 1. The van der Waals surface area contributed by atoms with Gasteiger partial charge < -0.3 is 5.32 Å². The van der Waals surface area contributed by atoms with Crippen LogP contribution in [0.2, 0.25) is 0 Å². The van der Waals surface area contributed by atoms with Crippen molar-refractivity contribution in [3.05, 3.63) is 35.9 Å². The summed E-state index contributed by atoms with van der Waals surface area (Å²) in [4.78, 5) is 8.48. The maximum Gasteiger partial charge on any atom is 0.202 e. The van der Waals surface area contributed by atoms with E-state index in [-0.39, 0.29) is 0 Å². The first-order valence-electron chi connectivity index (χ1n) is 5.22. The minimum Gasteiger partial charge on any atom is -0.358 e. The van der Waals surface area contributed by atoms with Gasteiger partial charge in [-0.1, -0.05) is 6.07 Å². The fourth-order valence-corrected chi connectivity index (χ4v) is 2.05. The minimum atomic E-state index is 0.388. The van der Waals surface area contributed by atoms with Crippen LogP contribution in [0.25, 0.3) is 0 Å². The Morgan fingerprint density at radius 3 is 3.00 bits per heavy atom. The van der Waals surface area contributed by atoms with E-state index in [9.17, 15) is 0 Å². The molecule has 0 saturated heterocycles. The molecule has 2 aromatic rings. The molecule has 0 fully saturated rings. The third kappa shape index (κ3) is 3.00. The van der Waals surface area contributed by atoms with Crippen LogP contribution in [0, 0.1) is 0 Å². The first-order chi connectivity index (χ1) is 7.74. The topological polar surface area (TPSA) is 50.7 Å². The molecule has 4 nitrogen and oxygen atoms in total. The van der Waals surface area contributed by atoms with Gasteiger partial charge in [0.25, 0.3) is 0 Å². The average molecular weight is 234 g/mol.